The summed E-state index contributed by atoms with van der Waals surface area (Å²) in [6, 6.07) is 8.05. The van der Waals surface area contributed by atoms with Crippen molar-refractivity contribution in [3.05, 3.63) is 58.9 Å². The summed E-state index contributed by atoms with van der Waals surface area (Å²) in [7, 11) is 1.54. The van der Waals surface area contributed by atoms with Gasteiger partial charge in [-0.25, -0.2) is 4.98 Å². The number of rotatable bonds is 3. The van der Waals surface area contributed by atoms with Crippen LogP contribution in [0.4, 0.5) is 8.78 Å². The van der Waals surface area contributed by atoms with E-state index in [4.69, 9.17) is 13.6 Å². The summed E-state index contributed by atoms with van der Waals surface area (Å²) in [5, 5.41) is 0. The number of fused-ring (bicyclic) bond motifs is 9. The molecule has 2 aliphatic heterocycles. The molecule has 6 nitrogen and oxygen atoms in total. The standard InChI is InChI=1S/C23H19F2N3O3/c1-27-18-12-17(20-14(22(27)29)6-3-7-19(20)31-23(24)25)28-16-11-13(5-4-10-30-2)8-9-15(16)26-21(18)28/h3,6-9,11,17-18,23H,10,12H2,1-2H3/t17-,18-/m1/s1/i1D3. The van der Waals surface area contributed by atoms with Crippen molar-refractivity contribution in [2.45, 2.75) is 25.1 Å². The van der Waals surface area contributed by atoms with Crippen molar-refractivity contribution in [3.63, 3.8) is 0 Å². The number of ether oxygens (including phenoxy) is 2. The lowest BCUT2D eigenvalue weighted by atomic mass is 9.97. The van der Waals surface area contributed by atoms with Gasteiger partial charge in [0.1, 0.15) is 18.2 Å². The van der Waals surface area contributed by atoms with Gasteiger partial charge in [0, 0.05) is 41.3 Å². The van der Waals surface area contributed by atoms with Crippen LogP contribution in [0, 0.1) is 11.8 Å². The minimum atomic E-state index is -3.11. The van der Waals surface area contributed by atoms with E-state index in [2.05, 4.69) is 16.8 Å². The fourth-order valence-electron chi connectivity index (χ4n) is 4.40. The highest BCUT2D eigenvalue weighted by Crippen LogP contribution is 2.49. The molecule has 1 amide bonds. The number of carbonyl (C=O) groups is 1. The summed E-state index contributed by atoms with van der Waals surface area (Å²) < 4.78 is 62.1. The second-order valence-electron chi connectivity index (χ2n) is 7.32. The number of nitrogens with zero attached hydrogens (tertiary/aromatic N) is 3. The molecule has 2 aliphatic rings. The molecule has 5 rings (SSSR count). The number of hydrogen-bond donors (Lipinski definition) is 0. The van der Waals surface area contributed by atoms with Crippen LogP contribution in [0.2, 0.25) is 0 Å². The van der Waals surface area contributed by atoms with Crippen LogP contribution in [0.5, 0.6) is 5.75 Å². The molecule has 0 aliphatic carbocycles. The van der Waals surface area contributed by atoms with Crippen LogP contribution in [-0.2, 0) is 4.74 Å². The van der Waals surface area contributed by atoms with Crippen LogP contribution in [-0.4, -0.2) is 47.7 Å². The molecule has 2 aromatic carbocycles. The predicted octanol–water partition coefficient (Wildman–Crippen LogP) is 3.76. The molecule has 0 N–H and O–H groups in total. The van der Waals surface area contributed by atoms with E-state index >= 15 is 0 Å². The van der Waals surface area contributed by atoms with Crippen molar-refractivity contribution in [2.75, 3.05) is 20.7 Å². The number of alkyl halides is 2. The Kier molecular flexibility index (Phi) is 3.86. The molecule has 3 aromatic rings. The van der Waals surface area contributed by atoms with Gasteiger partial charge < -0.3 is 18.9 Å². The van der Waals surface area contributed by atoms with E-state index in [-0.39, 0.29) is 29.9 Å². The van der Waals surface area contributed by atoms with Gasteiger partial charge in [-0.1, -0.05) is 17.9 Å². The maximum atomic E-state index is 13.4. The van der Waals surface area contributed by atoms with Crippen LogP contribution < -0.4 is 4.74 Å². The van der Waals surface area contributed by atoms with Crippen LogP contribution in [0.3, 0.4) is 0 Å². The van der Waals surface area contributed by atoms with E-state index in [0.717, 1.165) is 4.90 Å². The van der Waals surface area contributed by atoms with Crippen molar-refractivity contribution in [1.82, 2.24) is 14.5 Å². The molecule has 158 valence electrons. The number of carbonyl (C=O) groups excluding carboxylic acids is 1. The minimum absolute atomic E-state index is 0.0188. The zero-order valence-corrected chi connectivity index (χ0v) is 16.4. The zero-order valence-electron chi connectivity index (χ0n) is 19.4. The molecule has 31 heavy (non-hydrogen) atoms. The average molecular weight is 426 g/mol. The number of benzene rings is 2. The van der Waals surface area contributed by atoms with Crippen molar-refractivity contribution in [3.8, 4) is 17.6 Å². The number of amides is 1. The highest BCUT2D eigenvalue weighted by Gasteiger charge is 2.44. The third kappa shape index (κ3) is 3.04. The summed E-state index contributed by atoms with van der Waals surface area (Å²) in [4.78, 5) is 18.8. The molecule has 0 spiro atoms. The van der Waals surface area contributed by atoms with Crippen LogP contribution in [0.15, 0.2) is 36.4 Å². The lowest BCUT2D eigenvalue weighted by molar-refractivity contribution is -0.0507. The lowest BCUT2D eigenvalue weighted by Crippen LogP contribution is -2.30. The Morgan fingerprint density at radius 2 is 2.19 bits per heavy atom. The molecule has 0 unspecified atom stereocenters. The molecule has 1 aromatic heterocycles. The summed E-state index contributed by atoms with van der Waals surface area (Å²) in [5.41, 5.74) is 2.16. The summed E-state index contributed by atoms with van der Waals surface area (Å²) >= 11 is 0. The van der Waals surface area contributed by atoms with Crippen molar-refractivity contribution in [1.29, 1.82) is 0 Å². The smallest absolute Gasteiger partial charge is 0.387 e. The van der Waals surface area contributed by atoms with E-state index in [1.165, 1.54) is 18.2 Å². The maximum Gasteiger partial charge on any atom is 0.387 e. The van der Waals surface area contributed by atoms with Gasteiger partial charge in [-0.2, -0.15) is 8.78 Å². The zero-order chi connectivity index (χ0) is 24.2. The van der Waals surface area contributed by atoms with Gasteiger partial charge in [-0.05, 0) is 30.3 Å². The second kappa shape index (κ2) is 7.36. The molecular weight excluding hydrogens is 404 g/mol. The van der Waals surface area contributed by atoms with Crippen LogP contribution >= 0.6 is 0 Å². The van der Waals surface area contributed by atoms with Gasteiger partial charge in [-0.15, -0.1) is 0 Å². The fraction of sp³-hybridized carbons (Fsp3) is 0.304. The second-order valence-corrected chi connectivity index (χ2v) is 7.32. The van der Waals surface area contributed by atoms with E-state index in [1.54, 1.807) is 19.2 Å². The topological polar surface area (TPSA) is 56.6 Å². The normalized spacial score (nSPS) is 21.0. The van der Waals surface area contributed by atoms with Crippen molar-refractivity contribution < 1.29 is 27.2 Å². The Hall–Kier alpha value is -3.44. The van der Waals surface area contributed by atoms with Crippen LogP contribution in [0.1, 0.15) is 49.9 Å². The Morgan fingerprint density at radius 1 is 1.32 bits per heavy atom. The molecular formula is C23H19F2N3O3. The third-order valence-electron chi connectivity index (χ3n) is 5.60. The molecule has 0 saturated heterocycles. The average Bonchev–Trinajstić information content (AvgIpc) is 3.26. The number of hydrogen-bond acceptors (Lipinski definition) is 4. The highest BCUT2D eigenvalue weighted by molar-refractivity contribution is 5.97. The van der Waals surface area contributed by atoms with Gasteiger partial charge in [0.2, 0.25) is 0 Å². The monoisotopic (exact) mass is 426 g/mol. The van der Waals surface area contributed by atoms with Gasteiger partial charge in [0.25, 0.3) is 5.91 Å². The number of halogens is 2. The Bertz CT molecular complexity index is 1360. The molecule has 2 bridgehead atoms. The highest BCUT2D eigenvalue weighted by atomic mass is 19.3. The first kappa shape index (κ1) is 16.3. The van der Waals surface area contributed by atoms with E-state index < -0.39 is 31.6 Å². The molecule has 2 atom stereocenters. The fourth-order valence-corrected chi connectivity index (χ4v) is 4.40. The van der Waals surface area contributed by atoms with Gasteiger partial charge >= 0.3 is 6.61 Å². The van der Waals surface area contributed by atoms with E-state index in [9.17, 15) is 13.6 Å². The maximum absolute atomic E-state index is 13.4. The van der Waals surface area contributed by atoms with Crippen LogP contribution in [0.25, 0.3) is 11.0 Å². The third-order valence-corrected chi connectivity index (χ3v) is 5.60. The Morgan fingerprint density at radius 3 is 2.97 bits per heavy atom. The summed E-state index contributed by atoms with van der Waals surface area (Å²) in [6.07, 6.45) is 0.165. The molecule has 0 radical (unpaired) electrons. The van der Waals surface area contributed by atoms with Gasteiger partial charge in [0.15, 0.2) is 0 Å². The molecule has 3 heterocycles. The van der Waals surface area contributed by atoms with Crippen molar-refractivity contribution >= 4 is 16.9 Å². The minimum Gasteiger partial charge on any atom is -0.434 e. The lowest BCUT2D eigenvalue weighted by Gasteiger charge is -2.24. The van der Waals surface area contributed by atoms with E-state index in [0.29, 0.717) is 22.4 Å². The SMILES string of the molecule is [2H]C([2H])([2H])N1C(=O)c2cccc(OC(F)F)c2[C@H]2C[C@@H]1c1nc3ccc(C#CCOC)cc3n12. The largest absolute Gasteiger partial charge is 0.434 e. The Labute approximate surface area is 181 Å². The van der Waals surface area contributed by atoms with E-state index in [1.807, 2.05) is 10.6 Å². The summed E-state index contributed by atoms with van der Waals surface area (Å²) in [6.45, 7) is -5.62. The van der Waals surface area contributed by atoms with Gasteiger partial charge in [-0.3, -0.25) is 4.79 Å². The molecule has 8 heteroatoms. The number of methoxy groups -OCH3 is 1. The summed E-state index contributed by atoms with van der Waals surface area (Å²) in [5.74, 6) is 5.31. The van der Waals surface area contributed by atoms with Crippen molar-refractivity contribution in [2.24, 2.45) is 0 Å². The Balaban J connectivity index is 1.78. The first-order chi connectivity index (χ1) is 16.2. The molecule has 0 fully saturated rings. The predicted molar refractivity (Wildman–Crippen MR) is 109 cm³/mol. The first-order valence-electron chi connectivity index (χ1n) is 11.1. The number of aromatic nitrogens is 2. The number of imidazole rings is 1. The first-order valence-corrected chi connectivity index (χ1v) is 9.61. The van der Waals surface area contributed by atoms with Gasteiger partial charge in [0.05, 0.1) is 23.1 Å². The molecule has 0 saturated carbocycles. The quantitative estimate of drug-likeness (QED) is 0.599.